The number of carbonyl (C=O) groups is 1. The van der Waals surface area contributed by atoms with Gasteiger partial charge in [0.25, 0.3) is 0 Å². The molecule has 1 amide bonds. The van der Waals surface area contributed by atoms with Gasteiger partial charge in [-0.1, -0.05) is 76.5 Å². The van der Waals surface area contributed by atoms with Gasteiger partial charge in [-0.05, 0) is 31.4 Å². The van der Waals surface area contributed by atoms with Crippen molar-refractivity contribution < 1.29 is 4.79 Å². The van der Waals surface area contributed by atoms with Crippen LogP contribution in [0, 0.1) is 12.3 Å². The molecule has 139 valence electrons. The molecule has 0 rings (SSSR count). The minimum atomic E-state index is 0.161. The van der Waals surface area contributed by atoms with Gasteiger partial charge in [-0.15, -0.1) is 0 Å². The molecule has 24 heavy (non-hydrogen) atoms. The van der Waals surface area contributed by atoms with E-state index in [-0.39, 0.29) is 5.91 Å². The zero-order valence-electron chi connectivity index (χ0n) is 15.6. The lowest BCUT2D eigenvalue weighted by atomic mass is 10.0. The standard InChI is InChI=1S/C21H38NOS/c1-2-3-16-19-22-21(23)18-15-13-11-9-7-5-4-6-8-10-12-14-17-20-24/h24H,3-20H2,(H,22,23). The fourth-order valence-corrected chi connectivity index (χ4v) is 3.06. The van der Waals surface area contributed by atoms with Crippen LogP contribution in [0.5, 0.6) is 0 Å². The summed E-state index contributed by atoms with van der Waals surface area (Å²) in [5.41, 5.74) is 0. The molecule has 0 spiro atoms. The van der Waals surface area contributed by atoms with E-state index in [1.807, 2.05) is 0 Å². The molecule has 0 aliphatic carbocycles. The van der Waals surface area contributed by atoms with Gasteiger partial charge in [0.15, 0.2) is 0 Å². The summed E-state index contributed by atoms with van der Waals surface area (Å²) < 4.78 is 0. The Morgan fingerprint density at radius 3 is 1.67 bits per heavy atom. The molecule has 0 heterocycles. The molecule has 0 aromatic rings. The Bertz CT molecular complexity index is 311. The van der Waals surface area contributed by atoms with Gasteiger partial charge in [-0.25, -0.2) is 0 Å². The number of thiol groups is 1. The third kappa shape index (κ3) is 19.4. The second-order valence-electron chi connectivity index (χ2n) is 6.70. The van der Waals surface area contributed by atoms with E-state index in [1.54, 1.807) is 0 Å². The maximum absolute atomic E-state index is 11.5. The molecular formula is C21H38NOS. The number of unbranched alkanes of at least 4 members (excludes halogenated alkanes) is 13. The number of hydrogen-bond acceptors (Lipinski definition) is 2. The lowest BCUT2D eigenvalue weighted by molar-refractivity contribution is -0.121. The number of carbonyl (C=O) groups excluding carboxylic acids is 1. The summed E-state index contributed by atoms with van der Waals surface area (Å²) in [5, 5.41) is 2.90. The normalized spacial score (nSPS) is 10.5. The first-order chi connectivity index (χ1) is 11.8. The zero-order chi connectivity index (χ0) is 17.7. The second kappa shape index (κ2) is 20.4. The fourth-order valence-electron chi connectivity index (χ4n) is 2.83. The van der Waals surface area contributed by atoms with Crippen molar-refractivity contribution in [2.24, 2.45) is 0 Å². The smallest absolute Gasteiger partial charge is 0.219 e. The largest absolute Gasteiger partial charge is 0.356 e. The topological polar surface area (TPSA) is 29.1 Å². The minimum absolute atomic E-state index is 0.161. The molecule has 1 radical (unpaired) electrons. The van der Waals surface area contributed by atoms with E-state index >= 15 is 0 Å². The molecule has 2 nitrogen and oxygen atoms in total. The Morgan fingerprint density at radius 2 is 1.21 bits per heavy atom. The molecule has 0 bridgehead atoms. The van der Waals surface area contributed by atoms with Crippen LogP contribution in [0.1, 0.15) is 103 Å². The van der Waals surface area contributed by atoms with E-state index < -0.39 is 0 Å². The highest BCUT2D eigenvalue weighted by Gasteiger charge is 2.00. The summed E-state index contributed by atoms with van der Waals surface area (Å²) >= 11 is 4.24. The molecule has 0 saturated carbocycles. The average molecular weight is 353 g/mol. The minimum Gasteiger partial charge on any atom is -0.356 e. The van der Waals surface area contributed by atoms with Crippen LogP contribution in [0.4, 0.5) is 0 Å². The summed E-state index contributed by atoms with van der Waals surface area (Å²) in [6, 6.07) is 0. The molecule has 0 aromatic heterocycles. The molecule has 0 atom stereocenters. The van der Waals surface area contributed by atoms with Crippen LogP contribution in [0.3, 0.4) is 0 Å². The van der Waals surface area contributed by atoms with Crippen molar-refractivity contribution in [3.05, 3.63) is 6.42 Å². The van der Waals surface area contributed by atoms with Crippen LogP contribution in [0.15, 0.2) is 0 Å². The van der Waals surface area contributed by atoms with E-state index in [9.17, 15) is 4.79 Å². The molecule has 0 unspecified atom stereocenters. The molecule has 1 N–H and O–H groups in total. The van der Waals surface area contributed by atoms with Crippen LogP contribution >= 0.6 is 12.6 Å². The molecule has 0 fully saturated rings. The molecule has 0 saturated heterocycles. The van der Waals surface area contributed by atoms with Gasteiger partial charge in [0.1, 0.15) is 0 Å². The van der Waals surface area contributed by atoms with Gasteiger partial charge in [0.05, 0.1) is 0 Å². The summed E-state index contributed by atoms with van der Waals surface area (Å²) in [7, 11) is 0. The van der Waals surface area contributed by atoms with E-state index in [0.29, 0.717) is 19.4 Å². The highest BCUT2D eigenvalue weighted by atomic mass is 32.1. The summed E-state index contributed by atoms with van der Waals surface area (Å²) in [4.78, 5) is 11.5. The monoisotopic (exact) mass is 352 g/mol. The van der Waals surface area contributed by atoms with Gasteiger partial charge in [-0.2, -0.15) is 12.6 Å². The third-order valence-corrected chi connectivity index (χ3v) is 4.68. The summed E-state index contributed by atoms with van der Waals surface area (Å²) in [6.07, 6.45) is 26.0. The summed E-state index contributed by atoms with van der Waals surface area (Å²) in [5.74, 6) is 3.53. The second-order valence-corrected chi connectivity index (χ2v) is 7.15. The van der Waals surface area contributed by atoms with Crippen molar-refractivity contribution in [2.75, 3.05) is 12.3 Å². The highest BCUT2D eigenvalue weighted by molar-refractivity contribution is 7.80. The van der Waals surface area contributed by atoms with Gasteiger partial charge >= 0.3 is 0 Å². The maximum atomic E-state index is 11.5. The zero-order valence-corrected chi connectivity index (χ0v) is 16.5. The quantitative estimate of drug-likeness (QED) is 0.180. The van der Waals surface area contributed by atoms with Gasteiger partial charge in [0, 0.05) is 19.4 Å². The maximum Gasteiger partial charge on any atom is 0.219 e. The van der Waals surface area contributed by atoms with Crippen molar-refractivity contribution in [3.63, 3.8) is 0 Å². The van der Waals surface area contributed by atoms with E-state index in [2.05, 4.69) is 23.9 Å². The number of amides is 1. The Hall–Kier alpha value is -0.620. The van der Waals surface area contributed by atoms with Crippen molar-refractivity contribution >= 4 is 18.5 Å². The molecule has 0 aliphatic rings. The first-order valence-electron chi connectivity index (χ1n) is 10.1. The van der Waals surface area contributed by atoms with Crippen molar-refractivity contribution in [3.8, 4) is 5.92 Å². The third-order valence-electron chi connectivity index (χ3n) is 4.36. The van der Waals surface area contributed by atoms with Crippen LogP contribution in [-0.4, -0.2) is 18.2 Å². The van der Waals surface area contributed by atoms with Crippen LogP contribution in [-0.2, 0) is 4.79 Å². The molecular weight excluding hydrogens is 314 g/mol. The Labute approximate surface area is 156 Å². The van der Waals surface area contributed by atoms with Crippen molar-refractivity contribution in [1.29, 1.82) is 0 Å². The lowest BCUT2D eigenvalue weighted by Crippen LogP contribution is -2.23. The predicted molar refractivity (Wildman–Crippen MR) is 108 cm³/mol. The Balaban J connectivity index is 3.09. The SMILES string of the molecule is [C]#CCCCNC(=O)CCCCCCCCCCCCCCCS. The number of nitrogens with one attached hydrogen (secondary N) is 1. The Kier molecular flexibility index (Phi) is 19.9. The number of hydrogen-bond donors (Lipinski definition) is 2. The Morgan fingerprint density at radius 1 is 0.750 bits per heavy atom. The average Bonchev–Trinajstić information content (AvgIpc) is 2.59. The van der Waals surface area contributed by atoms with Gasteiger partial charge < -0.3 is 5.32 Å². The molecule has 0 aliphatic heterocycles. The van der Waals surface area contributed by atoms with Crippen molar-refractivity contribution in [2.45, 2.75) is 103 Å². The summed E-state index contributed by atoms with van der Waals surface area (Å²) in [6.45, 7) is 0.680. The lowest BCUT2D eigenvalue weighted by Gasteiger charge is -2.04. The van der Waals surface area contributed by atoms with Gasteiger partial charge in [-0.3, -0.25) is 4.79 Å². The fraction of sp³-hybridized carbons (Fsp3) is 0.857. The molecule has 0 aromatic carbocycles. The van der Waals surface area contributed by atoms with Crippen molar-refractivity contribution in [1.82, 2.24) is 5.32 Å². The van der Waals surface area contributed by atoms with E-state index in [4.69, 9.17) is 6.42 Å². The van der Waals surface area contributed by atoms with E-state index in [1.165, 1.54) is 77.0 Å². The highest BCUT2D eigenvalue weighted by Crippen LogP contribution is 2.13. The first kappa shape index (κ1) is 23.4. The van der Waals surface area contributed by atoms with Gasteiger partial charge in [0.2, 0.25) is 5.91 Å². The number of rotatable bonds is 18. The molecule has 3 heteroatoms. The predicted octanol–water partition coefficient (Wildman–Crippen LogP) is 5.86. The van der Waals surface area contributed by atoms with E-state index in [0.717, 1.165) is 18.6 Å². The van der Waals surface area contributed by atoms with Crippen LogP contribution in [0.25, 0.3) is 0 Å². The van der Waals surface area contributed by atoms with Crippen LogP contribution < -0.4 is 5.32 Å². The van der Waals surface area contributed by atoms with Crippen LogP contribution in [0.2, 0.25) is 0 Å². The first-order valence-corrected chi connectivity index (χ1v) is 10.7.